The van der Waals surface area contributed by atoms with Crippen molar-refractivity contribution in [2.75, 3.05) is 0 Å². The number of amides is 1. The lowest BCUT2D eigenvalue weighted by Crippen LogP contribution is -2.29. The molecule has 0 spiro atoms. The van der Waals surface area contributed by atoms with Gasteiger partial charge >= 0.3 is 0 Å². The molecule has 0 saturated carbocycles. The van der Waals surface area contributed by atoms with E-state index in [-0.39, 0.29) is 28.9 Å². The first kappa shape index (κ1) is 16.5. The molecule has 5 rings (SSSR count). The fraction of sp³-hybridized carbons (Fsp3) is 0.0909. The Bertz CT molecular complexity index is 1260. The van der Waals surface area contributed by atoms with Gasteiger partial charge in [-0.05, 0) is 30.3 Å². The molecule has 2 aromatic heterocycles. The monoisotopic (exact) mass is 375 g/mol. The van der Waals surface area contributed by atoms with Gasteiger partial charge in [0.2, 0.25) is 5.76 Å². The maximum atomic E-state index is 14.7. The summed E-state index contributed by atoms with van der Waals surface area (Å²) < 4.78 is 25.8. The molecule has 1 atom stereocenters. The van der Waals surface area contributed by atoms with E-state index >= 15 is 0 Å². The zero-order chi connectivity index (χ0) is 19.3. The largest absolute Gasteiger partial charge is 0.467 e. The molecule has 1 aliphatic rings. The highest BCUT2D eigenvalue weighted by molar-refractivity contribution is 5.99. The van der Waals surface area contributed by atoms with Crippen LogP contribution in [0.4, 0.5) is 4.39 Å². The number of nitrogens with zero attached hydrogens (tertiary/aromatic N) is 1. The SMILES string of the molecule is O=C1c2oc3ccccc3c(=O)c2[C@@H](c2ccccc2F)N1Cc1ccco1. The van der Waals surface area contributed by atoms with Crippen LogP contribution in [0.2, 0.25) is 0 Å². The van der Waals surface area contributed by atoms with Gasteiger partial charge in [0.15, 0.2) is 5.43 Å². The Labute approximate surface area is 158 Å². The highest BCUT2D eigenvalue weighted by Gasteiger charge is 2.43. The van der Waals surface area contributed by atoms with Crippen LogP contribution in [0, 0.1) is 5.82 Å². The molecule has 4 aromatic rings. The Morgan fingerprint density at radius 2 is 1.75 bits per heavy atom. The zero-order valence-electron chi connectivity index (χ0n) is 14.6. The van der Waals surface area contributed by atoms with Gasteiger partial charge in [-0.1, -0.05) is 30.3 Å². The van der Waals surface area contributed by atoms with Crippen LogP contribution in [0.1, 0.15) is 33.5 Å². The lowest BCUT2D eigenvalue weighted by atomic mass is 9.98. The lowest BCUT2D eigenvalue weighted by molar-refractivity contribution is 0.0699. The van der Waals surface area contributed by atoms with Crippen molar-refractivity contribution in [3.63, 3.8) is 0 Å². The van der Waals surface area contributed by atoms with E-state index in [1.807, 2.05) is 0 Å². The van der Waals surface area contributed by atoms with Crippen LogP contribution in [0.15, 0.2) is 80.6 Å². The van der Waals surface area contributed by atoms with Crippen LogP contribution in [0.3, 0.4) is 0 Å². The molecule has 6 heteroatoms. The predicted molar refractivity (Wildman–Crippen MR) is 99.3 cm³/mol. The second-order valence-electron chi connectivity index (χ2n) is 6.61. The summed E-state index contributed by atoms with van der Waals surface area (Å²) in [5, 5.41) is 0.357. The van der Waals surface area contributed by atoms with E-state index in [2.05, 4.69) is 0 Å². The molecule has 0 saturated heterocycles. The number of hydrogen-bond acceptors (Lipinski definition) is 4. The molecule has 28 heavy (non-hydrogen) atoms. The fourth-order valence-corrected chi connectivity index (χ4v) is 3.72. The van der Waals surface area contributed by atoms with Crippen molar-refractivity contribution in [3.05, 3.63) is 106 Å². The van der Waals surface area contributed by atoms with Crippen molar-refractivity contribution in [1.82, 2.24) is 4.90 Å². The summed E-state index contributed by atoms with van der Waals surface area (Å²) in [6, 6.07) is 15.4. The van der Waals surface area contributed by atoms with Gasteiger partial charge in [0.05, 0.1) is 29.8 Å². The van der Waals surface area contributed by atoms with Crippen molar-refractivity contribution in [2.24, 2.45) is 0 Å². The van der Waals surface area contributed by atoms with E-state index in [9.17, 15) is 14.0 Å². The number of halogens is 1. The van der Waals surface area contributed by atoms with E-state index in [0.717, 1.165) is 0 Å². The molecule has 0 aliphatic carbocycles. The number of para-hydroxylation sites is 1. The Morgan fingerprint density at radius 1 is 0.964 bits per heavy atom. The normalized spacial score (nSPS) is 16.0. The molecule has 1 aliphatic heterocycles. The summed E-state index contributed by atoms with van der Waals surface area (Å²) in [5.74, 6) is -0.490. The predicted octanol–water partition coefficient (Wildman–Crippen LogP) is 4.27. The third-order valence-corrected chi connectivity index (χ3v) is 4.98. The van der Waals surface area contributed by atoms with Gasteiger partial charge in [-0.15, -0.1) is 0 Å². The van der Waals surface area contributed by atoms with E-state index in [4.69, 9.17) is 8.83 Å². The van der Waals surface area contributed by atoms with Gasteiger partial charge < -0.3 is 13.7 Å². The molecule has 0 unspecified atom stereocenters. The maximum Gasteiger partial charge on any atom is 0.291 e. The second-order valence-corrected chi connectivity index (χ2v) is 6.61. The summed E-state index contributed by atoms with van der Waals surface area (Å²) in [4.78, 5) is 27.8. The Balaban J connectivity index is 1.78. The van der Waals surface area contributed by atoms with Crippen molar-refractivity contribution in [1.29, 1.82) is 0 Å². The number of carbonyl (C=O) groups is 1. The molecule has 5 nitrogen and oxygen atoms in total. The number of rotatable bonds is 3. The number of hydrogen-bond donors (Lipinski definition) is 0. The minimum Gasteiger partial charge on any atom is -0.467 e. The van der Waals surface area contributed by atoms with Crippen LogP contribution >= 0.6 is 0 Å². The summed E-state index contributed by atoms with van der Waals surface area (Å²) >= 11 is 0. The molecule has 0 radical (unpaired) electrons. The summed E-state index contributed by atoms with van der Waals surface area (Å²) in [6.07, 6.45) is 1.50. The van der Waals surface area contributed by atoms with Crippen LogP contribution in [0.5, 0.6) is 0 Å². The Morgan fingerprint density at radius 3 is 2.54 bits per heavy atom. The van der Waals surface area contributed by atoms with Crippen LogP contribution in [0.25, 0.3) is 11.0 Å². The standard InChI is InChI=1S/C22H14FNO4/c23-16-9-3-1-7-14(16)19-18-20(25)15-8-2-4-10-17(15)28-21(18)22(26)24(19)12-13-6-5-11-27-13/h1-11,19H,12H2/t19-/m1/s1. The van der Waals surface area contributed by atoms with Crippen LogP contribution < -0.4 is 5.43 Å². The summed E-state index contributed by atoms with van der Waals surface area (Å²) in [7, 11) is 0. The average molecular weight is 375 g/mol. The number of fused-ring (bicyclic) bond motifs is 2. The molecular formula is C22H14FNO4. The first-order valence-electron chi connectivity index (χ1n) is 8.78. The topological polar surface area (TPSA) is 63.7 Å². The number of carbonyl (C=O) groups excluding carboxylic acids is 1. The first-order chi connectivity index (χ1) is 13.6. The third-order valence-electron chi connectivity index (χ3n) is 4.98. The first-order valence-corrected chi connectivity index (χ1v) is 8.78. The maximum absolute atomic E-state index is 14.7. The molecule has 0 N–H and O–H groups in total. The average Bonchev–Trinajstić information content (AvgIpc) is 3.31. The van der Waals surface area contributed by atoms with E-state index < -0.39 is 17.8 Å². The van der Waals surface area contributed by atoms with Gasteiger partial charge in [0.25, 0.3) is 5.91 Å². The Kier molecular flexibility index (Phi) is 3.65. The second kappa shape index (κ2) is 6.20. The van der Waals surface area contributed by atoms with Crippen LogP contribution in [-0.4, -0.2) is 10.8 Å². The van der Waals surface area contributed by atoms with Gasteiger partial charge in [0.1, 0.15) is 17.2 Å². The fourth-order valence-electron chi connectivity index (χ4n) is 3.72. The highest BCUT2D eigenvalue weighted by Crippen LogP contribution is 2.39. The van der Waals surface area contributed by atoms with Crippen molar-refractivity contribution in [3.8, 4) is 0 Å². The minimum atomic E-state index is -0.894. The van der Waals surface area contributed by atoms with Crippen molar-refractivity contribution >= 4 is 16.9 Å². The van der Waals surface area contributed by atoms with E-state index in [1.165, 1.54) is 17.2 Å². The van der Waals surface area contributed by atoms with E-state index in [1.54, 1.807) is 54.6 Å². The number of furan rings is 1. The van der Waals surface area contributed by atoms with E-state index in [0.29, 0.717) is 16.7 Å². The van der Waals surface area contributed by atoms with Crippen LogP contribution in [-0.2, 0) is 6.54 Å². The molecule has 0 fully saturated rings. The lowest BCUT2D eigenvalue weighted by Gasteiger charge is -2.24. The third kappa shape index (κ3) is 2.38. The molecule has 3 heterocycles. The quantitative estimate of drug-likeness (QED) is 0.536. The van der Waals surface area contributed by atoms with Crippen molar-refractivity contribution in [2.45, 2.75) is 12.6 Å². The molecule has 2 aromatic carbocycles. The minimum absolute atomic E-state index is 0.0523. The Hall–Kier alpha value is -3.67. The zero-order valence-corrected chi connectivity index (χ0v) is 14.6. The van der Waals surface area contributed by atoms with Gasteiger partial charge in [-0.3, -0.25) is 9.59 Å². The van der Waals surface area contributed by atoms with Gasteiger partial charge in [-0.25, -0.2) is 4.39 Å². The smallest absolute Gasteiger partial charge is 0.291 e. The number of benzene rings is 2. The molecule has 138 valence electrons. The van der Waals surface area contributed by atoms with Gasteiger partial charge in [0, 0.05) is 5.56 Å². The molecule has 1 amide bonds. The summed E-state index contributed by atoms with van der Waals surface area (Å²) in [5.41, 5.74) is 0.385. The van der Waals surface area contributed by atoms with Gasteiger partial charge in [-0.2, -0.15) is 0 Å². The highest BCUT2D eigenvalue weighted by atomic mass is 19.1. The summed E-state index contributed by atoms with van der Waals surface area (Å²) in [6.45, 7) is 0.0881. The van der Waals surface area contributed by atoms with Crippen molar-refractivity contribution < 1.29 is 18.0 Å². The molecular weight excluding hydrogens is 361 g/mol. The molecule has 0 bridgehead atoms.